The minimum absolute atomic E-state index is 0.0735. The number of methoxy groups -OCH3 is 1. The van der Waals surface area contributed by atoms with Crippen LogP contribution in [0.5, 0.6) is 11.8 Å². The highest BCUT2D eigenvalue weighted by Gasteiger charge is 2.18. The number of carboxylic acids is 1. The summed E-state index contributed by atoms with van der Waals surface area (Å²) in [6.07, 6.45) is 0. The van der Waals surface area contributed by atoms with Crippen molar-refractivity contribution < 1.29 is 24.5 Å². The molecule has 2 aromatic heterocycles. The van der Waals surface area contributed by atoms with Crippen LogP contribution < -0.4 is 10.5 Å². The van der Waals surface area contributed by atoms with Gasteiger partial charge in [-0.15, -0.1) is 10.2 Å². The molecule has 0 unspecified atom stereocenters. The SMILES string of the molecule is COCCOc1nc(N)c2nc(N=Nc3ccc(O)c(C(=O)O)c3)n(Cc3ccccc3)c2n1. The third-order valence-corrected chi connectivity index (χ3v) is 4.75. The third kappa shape index (κ3) is 4.91. The molecule has 0 saturated heterocycles. The van der Waals surface area contributed by atoms with Gasteiger partial charge in [-0.3, -0.25) is 4.57 Å². The van der Waals surface area contributed by atoms with Gasteiger partial charge in [-0.05, 0) is 23.8 Å². The molecule has 174 valence electrons. The first-order chi connectivity index (χ1) is 16.5. The molecule has 0 aliphatic rings. The van der Waals surface area contributed by atoms with Crippen LogP contribution in [0.25, 0.3) is 11.2 Å². The number of rotatable bonds is 9. The molecule has 4 N–H and O–H groups in total. The summed E-state index contributed by atoms with van der Waals surface area (Å²) < 4.78 is 12.2. The first-order valence-electron chi connectivity index (χ1n) is 10.1. The number of aromatic hydroxyl groups is 1. The molecule has 4 aromatic rings. The smallest absolute Gasteiger partial charge is 0.339 e. The van der Waals surface area contributed by atoms with E-state index in [2.05, 4.69) is 25.2 Å². The van der Waals surface area contributed by atoms with Crippen LogP contribution in [0.4, 0.5) is 17.5 Å². The second-order valence-corrected chi connectivity index (χ2v) is 7.10. The molecule has 0 aliphatic carbocycles. The Morgan fingerprint density at radius 1 is 1.09 bits per heavy atom. The molecule has 0 radical (unpaired) electrons. The lowest BCUT2D eigenvalue weighted by Gasteiger charge is -2.08. The maximum atomic E-state index is 11.3. The summed E-state index contributed by atoms with van der Waals surface area (Å²) in [5, 5.41) is 27.2. The highest BCUT2D eigenvalue weighted by atomic mass is 16.5. The van der Waals surface area contributed by atoms with E-state index in [1.807, 2.05) is 30.3 Å². The Balaban J connectivity index is 1.77. The molecule has 34 heavy (non-hydrogen) atoms. The number of aromatic carboxylic acids is 1. The largest absolute Gasteiger partial charge is 0.507 e. The number of hydrogen-bond donors (Lipinski definition) is 3. The number of fused-ring (bicyclic) bond motifs is 1. The van der Waals surface area contributed by atoms with Crippen LogP contribution in [0.1, 0.15) is 15.9 Å². The van der Waals surface area contributed by atoms with Gasteiger partial charge in [0.15, 0.2) is 17.0 Å². The predicted molar refractivity (Wildman–Crippen MR) is 122 cm³/mol. The molecule has 2 heterocycles. The monoisotopic (exact) mass is 463 g/mol. The standard InChI is InChI=1S/C22H21N7O5/c1-33-9-10-34-22-25-18(23)17-19(26-22)29(12-13-5-3-2-4-6-13)21(24-17)28-27-14-7-8-16(30)15(11-14)20(31)32/h2-8,11,30H,9-10,12H2,1H3,(H,31,32)(H2,23,25,26). The molecule has 0 bridgehead atoms. The van der Waals surface area contributed by atoms with Gasteiger partial charge >= 0.3 is 12.0 Å². The number of aromatic nitrogens is 4. The van der Waals surface area contributed by atoms with E-state index in [4.69, 9.17) is 15.2 Å². The highest BCUT2D eigenvalue weighted by molar-refractivity contribution is 5.91. The Morgan fingerprint density at radius 3 is 2.62 bits per heavy atom. The van der Waals surface area contributed by atoms with E-state index >= 15 is 0 Å². The average Bonchev–Trinajstić information content (AvgIpc) is 3.17. The number of nitrogens with zero attached hydrogens (tertiary/aromatic N) is 6. The van der Waals surface area contributed by atoms with Crippen LogP contribution >= 0.6 is 0 Å². The van der Waals surface area contributed by atoms with Crippen LogP contribution in [0.2, 0.25) is 0 Å². The molecule has 0 amide bonds. The Hall–Kier alpha value is -4.58. The number of nitrogen functional groups attached to an aromatic ring is 1. The Kier molecular flexibility index (Phi) is 6.59. The average molecular weight is 463 g/mol. The number of carboxylic acid groups (broad SMARTS) is 1. The van der Waals surface area contributed by atoms with Crippen LogP contribution in [0.15, 0.2) is 58.8 Å². The van der Waals surface area contributed by atoms with E-state index in [1.54, 1.807) is 11.7 Å². The van der Waals surface area contributed by atoms with Gasteiger partial charge in [0, 0.05) is 7.11 Å². The van der Waals surface area contributed by atoms with E-state index in [9.17, 15) is 15.0 Å². The topological polar surface area (TPSA) is 170 Å². The summed E-state index contributed by atoms with van der Waals surface area (Å²) in [4.78, 5) is 24.3. The van der Waals surface area contributed by atoms with E-state index in [-0.39, 0.29) is 41.4 Å². The highest BCUT2D eigenvalue weighted by Crippen LogP contribution is 2.29. The molecule has 12 heteroatoms. The lowest BCUT2D eigenvalue weighted by molar-refractivity contribution is 0.0693. The van der Waals surface area contributed by atoms with Gasteiger partial charge in [0.2, 0.25) is 0 Å². The van der Waals surface area contributed by atoms with E-state index in [1.165, 1.54) is 18.2 Å². The summed E-state index contributed by atoms with van der Waals surface area (Å²) in [6, 6.07) is 13.5. The van der Waals surface area contributed by atoms with E-state index in [0.717, 1.165) is 5.56 Å². The molecule has 2 aromatic carbocycles. The van der Waals surface area contributed by atoms with Crippen molar-refractivity contribution in [3.63, 3.8) is 0 Å². The second-order valence-electron chi connectivity index (χ2n) is 7.10. The zero-order valence-corrected chi connectivity index (χ0v) is 18.1. The number of anilines is 1. The third-order valence-electron chi connectivity index (χ3n) is 4.75. The van der Waals surface area contributed by atoms with Crippen LogP contribution in [-0.2, 0) is 11.3 Å². The Labute approximate surface area is 193 Å². The van der Waals surface area contributed by atoms with Crippen molar-refractivity contribution in [2.75, 3.05) is 26.1 Å². The fourth-order valence-electron chi connectivity index (χ4n) is 3.12. The van der Waals surface area contributed by atoms with Crippen molar-refractivity contribution in [1.82, 2.24) is 19.5 Å². The van der Waals surface area contributed by atoms with Gasteiger partial charge < -0.3 is 25.4 Å². The van der Waals surface area contributed by atoms with Crippen LogP contribution in [0, 0.1) is 0 Å². The molecule has 12 nitrogen and oxygen atoms in total. The number of phenols is 1. The van der Waals surface area contributed by atoms with Gasteiger partial charge in [-0.2, -0.15) is 9.97 Å². The predicted octanol–water partition coefficient (Wildman–Crippen LogP) is 3.30. The van der Waals surface area contributed by atoms with Crippen LogP contribution in [-0.4, -0.2) is 56.0 Å². The molecular formula is C22H21N7O5. The van der Waals surface area contributed by atoms with Gasteiger partial charge in [0.25, 0.3) is 5.95 Å². The van der Waals surface area contributed by atoms with Gasteiger partial charge in [0.1, 0.15) is 17.9 Å². The second kappa shape index (κ2) is 9.92. The van der Waals surface area contributed by atoms with Crippen molar-refractivity contribution in [2.45, 2.75) is 6.54 Å². The Bertz CT molecular complexity index is 1360. The molecule has 0 saturated carbocycles. The van der Waals surface area contributed by atoms with Gasteiger partial charge in [-0.1, -0.05) is 30.3 Å². The quantitative estimate of drug-likeness (QED) is 0.249. The zero-order chi connectivity index (χ0) is 24.1. The number of hydrogen-bond acceptors (Lipinski definition) is 10. The maximum absolute atomic E-state index is 11.3. The fraction of sp³-hybridized carbons (Fsp3) is 0.182. The first-order valence-corrected chi connectivity index (χ1v) is 10.1. The van der Waals surface area contributed by atoms with Crippen molar-refractivity contribution in [3.05, 3.63) is 59.7 Å². The number of imidazole rings is 1. The summed E-state index contributed by atoms with van der Waals surface area (Å²) in [7, 11) is 1.56. The van der Waals surface area contributed by atoms with Gasteiger partial charge in [0.05, 0.1) is 18.8 Å². The summed E-state index contributed by atoms with van der Waals surface area (Å²) >= 11 is 0. The van der Waals surface area contributed by atoms with Crippen molar-refractivity contribution in [2.24, 2.45) is 10.2 Å². The molecule has 0 fully saturated rings. The Morgan fingerprint density at radius 2 is 1.88 bits per heavy atom. The fourth-order valence-corrected chi connectivity index (χ4v) is 3.12. The molecule has 0 atom stereocenters. The zero-order valence-electron chi connectivity index (χ0n) is 18.1. The molecule has 4 rings (SSSR count). The lowest BCUT2D eigenvalue weighted by atomic mass is 10.2. The van der Waals surface area contributed by atoms with E-state index < -0.39 is 5.97 Å². The minimum Gasteiger partial charge on any atom is -0.507 e. The van der Waals surface area contributed by atoms with Crippen molar-refractivity contribution >= 4 is 34.6 Å². The van der Waals surface area contributed by atoms with Crippen molar-refractivity contribution in [1.29, 1.82) is 0 Å². The number of ether oxygens (including phenoxy) is 2. The lowest BCUT2D eigenvalue weighted by Crippen LogP contribution is -2.09. The number of nitrogens with two attached hydrogens (primary N) is 1. The normalized spacial score (nSPS) is 11.3. The number of benzene rings is 2. The maximum Gasteiger partial charge on any atom is 0.339 e. The molecule has 0 aliphatic heterocycles. The minimum atomic E-state index is -1.28. The van der Waals surface area contributed by atoms with Crippen LogP contribution in [0.3, 0.4) is 0 Å². The van der Waals surface area contributed by atoms with E-state index in [0.29, 0.717) is 24.3 Å². The summed E-state index contributed by atoms with van der Waals surface area (Å²) in [6.45, 7) is 0.957. The summed E-state index contributed by atoms with van der Waals surface area (Å²) in [5.74, 6) is -1.36. The summed E-state index contributed by atoms with van der Waals surface area (Å²) in [5.41, 5.74) is 7.71. The first kappa shape index (κ1) is 22.6. The van der Waals surface area contributed by atoms with Crippen molar-refractivity contribution in [3.8, 4) is 11.8 Å². The number of azo groups is 1. The molecule has 0 spiro atoms. The molecular weight excluding hydrogens is 442 g/mol. The number of carbonyl (C=O) groups is 1. The van der Waals surface area contributed by atoms with Gasteiger partial charge in [-0.25, -0.2) is 9.78 Å².